The molecule has 1 aromatic rings. The van der Waals surface area contributed by atoms with E-state index in [4.69, 9.17) is 16.3 Å². The van der Waals surface area contributed by atoms with E-state index in [1.165, 1.54) is 25.7 Å². The van der Waals surface area contributed by atoms with Crippen molar-refractivity contribution < 1.29 is 4.74 Å². The molecule has 0 spiro atoms. The van der Waals surface area contributed by atoms with Gasteiger partial charge in [-0.3, -0.25) is 4.98 Å². The molecule has 0 atom stereocenters. The fourth-order valence-corrected chi connectivity index (χ4v) is 3.10. The predicted molar refractivity (Wildman–Crippen MR) is 80.8 cm³/mol. The van der Waals surface area contributed by atoms with Gasteiger partial charge >= 0.3 is 0 Å². The molecule has 0 fully saturated rings. The first-order chi connectivity index (χ1) is 8.65. The van der Waals surface area contributed by atoms with Gasteiger partial charge < -0.3 is 4.74 Å². The van der Waals surface area contributed by atoms with Crippen molar-refractivity contribution in [3.63, 3.8) is 0 Å². The molecule has 18 heavy (non-hydrogen) atoms. The third kappa shape index (κ3) is 4.77. The minimum Gasteiger partial charge on any atom is -0.491 e. The Hall–Kier alpha value is -0.280. The van der Waals surface area contributed by atoms with Crippen LogP contribution in [0.1, 0.15) is 39.5 Å². The molecule has 0 aliphatic rings. The molecule has 2 nitrogen and oxygen atoms in total. The number of hydrogen-bond acceptors (Lipinski definition) is 2. The second-order valence-corrected chi connectivity index (χ2v) is 5.76. The molecule has 1 heterocycles. The molecule has 4 heteroatoms. The van der Waals surface area contributed by atoms with Gasteiger partial charge in [0.05, 0.1) is 17.8 Å². The van der Waals surface area contributed by atoms with Crippen LogP contribution in [0.5, 0.6) is 5.75 Å². The molecule has 0 bridgehead atoms. The Kier molecular flexibility index (Phi) is 7.02. The summed E-state index contributed by atoms with van der Waals surface area (Å²) in [6.07, 6.45) is 8.00. The molecule has 0 aromatic carbocycles. The Bertz CT molecular complexity index is 353. The van der Waals surface area contributed by atoms with Crippen LogP contribution in [0.3, 0.4) is 0 Å². The van der Waals surface area contributed by atoms with Crippen LogP contribution in [0.15, 0.2) is 18.5 Å². The molecular formula is C14H21BrClNO. The molecular weight excluding hydrogens is 314 g/mol. The summed E-state index contributed by atoms with van der Waals surface area (Å²) in [4.78, 5) is 4.03. The monoisotopic (exact) mass is 333 g/mol. The number of pyridine rings is 1. The highest BCUT2D eigenvalue weighted by molar-refractivity contribution is 9.09. The minimum absolute atomic E-state index is 0.214. The number of ether oxygens (including phenoxy) is 1. The van der Waals surface area contributed by atoms with Crippen molar-refractivity contribution in [2.45, 2.75) is 39.5 Å². The number of alkyl halides is 1. The molecule has 1 aromatic heterocycles. The average Bonchev–Trinajstić information content (AvgIpc) is 2.37. The largest absolute Gasteiger partial charge is 0.491 e. The second-order valence-electron chi connectivity index (χ2n) is 4.76. The Morgan fingerprint density at radius 3 is 2.44 bits per heavy atom. The van der Waals surface area contributed by atoms with E-state index in [2.05, 4.69) is 34.8 Å². The van der Waals surface area contributed by atoms with Gasteiger partial charge in [0, 0.05) is 23.0 Å². The first kappa shape index (κ1) is 15.8. The summed E-state index contributed by atoms with van der Waals surface area (Å²) in [6.45, 7) is 5.14. The highest BCUT2D eigenvalue weighted by Gasteiger charge is 2.28. The van der Waals surface area contributed by atoms with Crippen LogP contribution in [0, 0.1) is 5.41 Å². The highest BCUT2D eigenvalue weighted by Crippen LogP contribution is 2.33. The van der Waals surface area contributed by atoms with Gasteiger partial charge in [-0.15, -0.1) is 0 Å². The van der Waals surface area contributed by atoms with E-state index in [0.29, 0.717) is 11.6 Å². The standard InChI is InChI=1S/C14H21BrClNO/c1-3-5-14(10-15,6-4-2)11-18-13-7-12(16)8-17-9-13/h7-9H,3-6,10-11H2,1-2H3. The number of halogens is 2. The lowest BCUT2D eigenvalue weighted by atomic mass is 9.82. The van der Waals surface area contributed by atoms with E-state index in [0.717, 1.165) is 11.1 Å². The summed E-state index contributed by atoms with van der Waals surface area (Å²) >= 11 is 9.54. The SMILES string of the molecule is CCCC(CBr)(CCC)COc1cncc(Cl)c1. The van der Waals surface area contributed by atoms with Crippen molar-refractivity contribution in [1.82, 2.24) is 4.98 Å². The maximum atomic E-state index is 5.90. The molecule has 0 aliphatic heterocycles. The van der Waals surface area contributed by atoms with Crippen molar-refractivity contribution in [2.75, 3.05) is 11.9 Å². The molecule has 0 saturated heterocycles. The van der Waals surface area contributed by atoms with E-state index in [1.54, 1.807) is 12.4 Å². The summed E-state index contributed by atoms with van der Waals surface area (Å²) in [5, 5.41) is 1.58. The maximum Gasteiger partial charge on any atom is 0.139 e. The molecule has 102 valence electrons. The fraction of sp³-hybridized carbons (Fsp3) is 0.643. The molecule has 1 rings (SSSR count). The van der Waals surface area contributed by atoms with Crippen LogP contribution in [0.4, 0.5) is 0 Å². The van der Waals surface area contributed by atoms with Crippen LogP contribution in [-0.2, 0) is 0 Å². The summed E-state index contributed by atoms with van der Waals surface area (Å²) < 4.78 is 5.87. The van der Waals surface area contributed by atoms with Gasteiger partial charge in [-0.05, 0) is 12.8 Å². The average molecular weight is 335 g/mol. The molecule has 0 amide bonds. The maximum absolute atomic E-state index is 5.90. The van der Waals surface area contributed by atoms with Crippen LogP contribution in [0.2, 0.25) is 5.02 Å². The van der Waals surface area contributed by atoms with Gasteiger partial charge in [-0.2, -0.15) is 0 Å². The van der Waals surface area contributed by atoms with Crippen molar-refractivity contribution in [2.24, 2.45) is 5.41 Å². The van der Waals surface area contributed by atoms with Gasteiger partial charge in [0.15, 0.2) is 0 Å². The highest BCUT2D eigenvalue weighted by atomic mass is 79.9. The summed E-state index contributed by atoms with van der Waals surface area (Å²) in [5.41, 5.74) is 0.214. The Morgan fingerprint density at radius 2 is 1.94 bits per heavy atom. The van der Waals surface area contributed by atoms with E-state index in [9.17, 15) is 0 Å². The van der Waals surface area contributed by atoms with E-state index in [-0.39, 0.29) is 5.41 Å². The molecule has 0 N–H and O–H groups in total. The summed E-state index contributed by atoms with van der Waals surface area (Å²) in [6, 6.07) is 1.81. The van der Waals surface area contributed by atoms with E-state index < -0.39 is 0 Å². The third-order valence-electron chi connectivity index (χ3n) is 3.07. The van der Waals surface area contributed by atoms with Gasteiger partial charge in [-0.1, -0.05) is 54.2 Å². The van der Waals surface area contributed by atoms with Crippen molar-refractivity contribution >= 4 is 27.5 Å². The smallest absolute Gasteiger partial charge is 0.139 e. The number of nitrogens with zero attached hydrogens (tertiary/aromatic N) is 1. The number of hydrogen-bond donors (Lipinski definition) is 0. The lowest BCUT2D eigenvalue weighted by Gasteiger charge is -2.31. The van der Waals surface area contributed by atoms with E-state index >= 15 is 0 Å². The minimum atomic E-state index is 0.214. The quantitative estimate of drug-likeness (QED) is 0.617. The Labute approximate surface area is 123 Å². The van der Waals surface area contributed by atoms with Gasteiger partial charge in [0.1, 0.15) is 5.75 Å². The topological polar surface area (TPSA) is 22.1 Å². The molecule has 0 saturated carbocycles. The van der Waals surface area contributed by atoms with Crippen molar-refractivity contribution in [1.29, 1.82) is 0 Å². The Morgan fingerprint density at radius 1 is 1.28 bits per heavy atom. The van der Waals surface area contributed by atoms with Gasteiger partial charge in [-0.25, -0.2) is 0 Å². The first-order valence-corrected chi connectivity index (χ1v) is 7.95. The van der Waals surface area contributed by atoms with Crippen LogP contribution < -0.4 is 4.74 Å². The first-order valence-electron chi connectivity index (χ1n) is 6.45. The van der Waals surface area contributed by atoms with E-state index in [1.807, 2.05) is 6.07 Å². The zero-order valence-corrected chi connectivity index (χ0v) is 13.4. The van der Waals surface area contributed by atoms with Crippen LogP contribution in [0.25, 0.3) is 0 Å². The zero-order valence-electron chi connectivity index (χ0n) is 11.1. The summed E-state index contributed by atoms with van der Waals surface area (Å²) in [7, 11) is 0. The van der Waals surface area contributed by atoms with Crippen molar-refractivity contribution in [3.05, 3.63) is 23.5 Å². The number of aromatic nitrogens is 1. The van der Waals surface area contributed by atoms with Crippen LogP contribution >= 0.6 is 27.5 Å². The fourth-order valence-electron chi connectivity index (χ4n) is 2.21. The van der Waals surface area contributed by atoms with Gasteiger partial charge in [0.25, 0.3) is 0 Å². The third-order valence-corrected chi connectivity index (χ3v) is 4.47. The molecule has 0 radical (unpaired) electrons. The lowest BCUT2D eigenvalue weighted by molar-refractivity contribution is 0.144. The van der Waals surface area contributed by atoms with Gasteiger partial charge in [0.2, 0.25) is 0 Å². The second kappa shape index (κ2) is 8.00. The zero-order chi connectivity index (χ0) is 13.4. The molecule has 0 unspecified atom stereocenters. The normalized spacial score (nSPS) is 11.6. The summed E-state index contributed by atoms with van der Waals surface area (Å²) in [5.74, 6) is 0.750. The Balaban J connectivity index is 2.66. The lowest BCUT2D eigenvalue weighted by Crippen LogP contribution is -2.30. The van der Waals surface area contributed by atoms with Crippen molar-refractivity contribution in [3.8, 4) is 5.75 Å². The number of rotatable bonds is 8. The van der Waals surface area contributed by atoms with Crippen LogP contribution in [-0.4, -0.2) is 16.9 Å². The molecule has 0 aliphatic carbocycles. The predicted octanol–water partition coefficient (Wildman–Crippen LogP) is 5.10.